The molecule has 79 heavy (non-hydrogen) atoms. The summed E-state index contributed by atoms with van der Waals surface area (Å²) in [6.45, 7) is 17.3. The highest BCUT2D eigenvalue weighted by Gasteiger charge is 2.04. The minimum absolute atomic E-state index is 0.0152. The van der Waals surface area contributed by atoms with Crippen LogP contribution in [-0.4, -0.2) is 88.1 Å². The van der Waals surface area contributed by atoms with Crippen molar-refractivity contribution in [2.24, 2.45) is 23.5 Å². The average Bonchev–Trinajstić information content (AvgIpc) is 3.40. The molecular weight excluding hydrogens is 1010 g/mol. The Morgan fingerprint density at radius 2 is 0.861 bits per heavy atom. The Morgan fingerprint density at radius 1 is 0.494 bits per heavy atom. The SMILES string of the molecule is CCCCC[C@H](C)/C=C/C=C\CN.CCCCC[C@H](C)/C=C/C=C\CNC(=O)CCCCCCC(=O)OC.CCCCC[C@H](C)/C=C/C=C\COS(C)(=O)=O.CCCCC[C@H](O)/C=C/C=C\CNC(=O)CCCCCCC(=O)O. The Labute approximate surface area is 483 Å². The number of amides is 2. The molecule has 0 bridgehead atoms. The maximum Gasteiger partial charge on any atom is 0.305 e. The number of carboxylic acids is 1. The highest BCUT2D eigenvalue weighted by molar-refractivity contribution is 7.86. The number of aliphatic hydroxyl groups excluding tert-OH is 1. The van der Waals surface area contributed by atoms with Gasteiger partial charge in [0, 0.05) is 45.3 Å². The molecule has 2 amide bonds. The smallest absolute Gasteiger partial charge is 0.305 e. The first kappa shape index (κ1) is 81.1. The zero-order valence-corrected chi connectivity index (χ0v) is 52.1. The Kier molecular flexibility index (Phi) is 66.2. The number of hydrogen-bond donors (Lipinski definition) is 5. The quantitative estimate of drug-likeness (QED) is 0.0167. The number of carboxylic acid groups (broad SMARTS) is 1. The highest BCUT2D eigenvalue weighted by Crippen LogP contribution is 2.13. The van der Waals surface area contributed by atoms with Gasteiger partial charge in [0.1, 0.15) is 0 Å². The first-order chi connectivity index (χ1) is 37.9. The van der Waals surface area contributed by atoms with Crippen molar-refractivity contribution in [3.8, 4) is 0 Å². The van der Waals surface area contributed by atoms with Gasteiger partial charge in [-0.05, 0) is 69.1 Å². The number of ether oxygens (including phenoxy) is 1. The number of allylic oxidation sites excluding steroid dienone is 11. The van der Waals surface area contributed by atoms with Crippen molar-refractivity contribution in [3.05, 3.63) is 97.2 Å². The Morgan fingerprint density at radius 3 is 1.24 bits per heavy atom. The van der Waals surface area contributed by atoms with Crippen LogP contribution in [0.2, 0.25) is 0 Å². The van der Waals surface area contributed by atoms with Gasteiger partial charge in [-0.1, -0.05) is 248 Å². The lowest BCUT2D eigenvalue weighted by molar-refractivity contribution is -0.141. The second kappa shape index (κ2) is 64.5. The van der Waals surface area contributed by atoms with E-state index in [0.717, 1.165) is 76.9 Å². The van der Waals surface area contributed by atoms with Crippen LogP contribution in [-0.2, 0) is 38.2 Å². The number of carbonyl (C=O) groups excluding carboxylic acids is 3. The van der Waals surface area contributed by atoms with Crippen LogP contribution < -0.4 is 16.4 Å². The van der Waals surface area contributed by atoms with E-state index >= 15 is 0 Å². The predicted molar refractivity (Wildman–Crippen MR) is 334 cm³/mol. The number of carbonyl (C=O) groups is 4. The molecule has 6 N–H and O–H groups in total. The fourth-order valence-electron chi connectivity index (χ4n) is 7.29. The summed E-state index contributed by atoms with van der Waals surface area (Å²) in [7, 11) is -1.91. The monoisotopic (exact) mass is 1130 g/mol. The van der Waals surface area contributed by atoms with Gasteiger partial charge in [-0.25, -0.2) is 0 Å². The molecule has 14 heteroatoms. The van der Waals surface area contributed by atoms with Crippen LogP contribution in [0.15, 0.2) is 97.2 Å². The van der Waals surface area contributed by atoms with Crippen molar-refractivity contribution in [2.75, 3.05) is 39.6 Å². The van der Waals surface area contributed by atoms with Crippen molar-refractivity contribution in [1.82, 2.24) is 10.6 Å². The lowest BCUT2D eigenvalue weighted by atomic mass is 10.0. The van der Waals surface area contributed by atoms with E-state index in [1.54, 1.807) is 12.2 Å². The molecular formula is C65H117N3O10S. The van der Waals surface area contributed by atoms with Crippen molar-refractivity contribution in [2.45, 2.75) is 234 Å². The largest absolute Gasteiger partial charge is 0.481 e. The van der Waals surface area contributed by atoms with Crippen LogP contribution in [0, 0.1) is 17.8 Å². The summed E-state index contributed by atoms with van der Waals surface area (Å²) in [4.78, 5) is 44.5. The van der Waals surface area contributed by atoms with Crippen molar-refractivity contribution in [1.29, 1.82) is 0 Å². The van der Waals surface area contributed by atoms with E-state index in [4.69, 9.17) is 10.8 Å². The molecule has 0 aromatic rings. The van der Waals surface area contributed by atoms with Gasteiger partial charge >= 0.3 is 11.9 Å². The average molecular weight is 1130 g/mol. The normalized spacial score (nSPS) is 13.4. The number of unbranched alkanes of at least 4 members (excludes halogenated alkanes) is 14. The Balaban J connectivity index is -0.000000488. The maximum absolute atomic E-state index is 11.7. The molecule has 0 aromatic heterocycles. The van der Waals surface area contributed by atoms with Gasteiger partial charge in [0.15, 0.2) is 0 Å². The van der Waals surface area contributed by atoms with E-state index in [0.29, 0.717) is 63.1 Å². The van der Waals surface area contributed by atoms with Gasteiger partial charge in [-0.15, -0.1) is 0 Å². The van der Waals surface area contributed by atoms with Gasteiger partial charge in [0.2, 0.25) is 11.8 Å². The van der Waals surface area contributed by atoms with E-state index in [-0.39, 0.29) is 30.8 Å². The van der Waals surface area contributed by atoms with Crippen LogP contribution in [0.25, 0.3) is 0 Å². The van der Waals surface area contributed by atoms with Crippen LogP contribution in [0.4, 0.5) is 0 Å². The molecule has 458 valence electrons. The van der Waals surface area contributed by atoms with Gasteiger partial charge in [-0.3, -0.25) is 23.4 Å². The zero-order chi connectivity index (χ0) is 59.9. The van der Waals surface area contributed by atoms with E-state index in [9.17, 15) is 32.7 Å². The van der Waals surface area contributed by atoms with Crippen molar-refractivity contribution >= 4 is 33.9 Å². The molecule has 0 saturated carbocycles. The van der Waals surface area contributed by atoms with E-state index in [1.807, 2.05) is 54.7 Å². The topological polar surface area (TPSA) is 211 Å². The van der Waals surface area contributed by atoms with E-state index < -0.39 is 22.2 Å². The molecule has 0 aliphatic rings. The summed E-state index contributed by atoms with van der Waals surface area (Å²) in [5.41, 5.74) is 5.32. The first-order valence-electron chi connectivity index (χ1n) is 30.3. The third kappa shape index (κ3) is 77.9. The molecule has 0 spiro atoms. The molecule has 0 radical (unpaired) electrons. The summed E-state index contributed by atoms with van der Waals surface area (Å²) < 4.78 is 30.4. The van der Waals surface area contributed by atoms with Crippen LogP contribution in [0.3, 0.4) is 0 Å². The van der Waals surface area contributed by atoms with Crippen molar-refractivity contribution in [3.63, 3.8) is 0 Å². The summed E-state index contributed by atoms with van der Waals surface area (Å²) in [5.74, 6) is 1.08. The van der Waals surface area contributed by atoms with Gasteiger partial charge in [-0.2, -0.15) is 8.42 Å². The second-order valence-corrected chi connectivity index (χ2v) is 22.0. The first-order valence-corrected chi connectivity index (χ1v) is 32.1. The number of rotatable bonds is 46. The number of nitrogens with two attached hydrogens (primary N) is 1. The van der Waals surface area contributed by atoms with Gasteiger partial charge in [0.05, 0.1) is 26.1 Å². The number of aliphatic carboxylic acids is 1. The molecule has 4 atom stereocenters. The molecule has 13 nitrogen and oxygen atoms in total. The third-order valence-electron chi connectivity index (χ3n) is 12.2. The van der Waals surface area contributed by atoms with Crippen LogP contribution in [0.1, 0.15) is 228 Å². The second-order valence-electron chi connectivity index (χ2n) is 20.4. The number of hydrogen-bond acceptors (Lipinski definition) is 10. The summed E-state index contributed by atoms with van der Waals surface area (Å²) in [5, 5.41) is 23.9. The summed E-state index contributed by atoms with van der Waals surface area (Å²) >= 11 is 0. The zero-order valence-electron chi connectivity index (χ0n) is 51.3. The molecule has 0 rings (SSSR count). The Hall–Kier alpha value is -4.37. The third-order valence-corrected chi connectivity index (χ3v) is 12.8. The molecule has 0 unspecified atom stereocenters. The summed E-state index contributed by atoms with van der Waals surface area (Å²) in [6, 6.07) is 0. The standard InChI is InChI=1S/C21H37NO3.C19H33NO4.C13H24O3S.C12H23N/c1-4-5-9-14-19(2)15-10-8-13-18-22-20(23)16-11-6-7-12-17-21(24)25-3;1-2-3-7-12-17(21)13-8-6-11-16-20-18(22)14-9-4-5-10-15-19(23)24;1-4-5-7-10-13(2)11-8-6-9-12-16-17(3,14)15;1-3-4-6-9-12(2)10-7-5-8-11-13/h8,10,13,15,19H,4-7,9,11-12,14,16-18H2,1-3H3,(H,22,23);6,8,11,13,17,21H,2-5,7,9-10,12,14-16H2,1H3,(H,20,22)(H,23,24);6,8-9,11,13H,4-5,7,10,12H2,1-3H3;5,7-8,10,12H,3-4,6,9,11,13H2,1-2H3/b13-8-,15-10+;11-6-,13-8+;9-6-,11-8+;8-5-,10-7+/t19-;17-;13-;12-/m0000/s1. The predicted octanol–water partition coefficient (Wildman–Crippen LogP) is 15.1. The van der Waals surface area contributed by atoms with Gasteiger partial charge in [0.25, 0.3) is 10.1 Å². The number of methoxy groups -OCH3 is 1. The summed E-state index contributed by atoms with van der Waals surface area (Å²) in [6.07, 6.45) is 60.2. The Bertz CT molecular complexity index is 1770. The molecule has 0 saturated heterocycles. The lowest BCUT2D eigenvalue weighted by Crippen LogP contribution is -2.22. The van der Waals surface area contributed by atoms with E-state index in [1.165, 1.54) is 84.2 Å². The molecule has 0 heterocycles. The van der Waals surface area contributed by atoms with Crippen molar-refractivity contribution < 1.29 is 46.7 Å². The van der Waals surface area contributed by atoms with E-state index in [2.05, 4.69) is 98.4 Å². The minimum atomic E-state index is -3.32. The maximum atomic E-state index is 11.7. The molecule has 0 aromatic carbocycles. The molecule has 0 fully saturated rings. The van der Waals surface area contributed by atoms with Crippen LogP contribution in [0.5, 0.6) is 0 Å². The minimum Gasteiger partial charge on any atom is -0.481 e. The van der Waals surface area contributed by atoms with Gasteiger partial charge < -0.3 is 31.3 Å². The highest BCUT2D eigenvalue weighted by atomic mass is 32.2. The molecule has 0 aliphatic heterocycles. The number of esters is 1. The fourth-order valence-corrected chi connectivity index (χ4v) is 7.61. The number of aliphatic hydroxyl groups is 1. The number of nitrogens with one attached hydrogen (secondary N) is 2. The van der Waals surface area contributed by atoms with Crippen LogP contribution >= 0.6 is 0 Å². The lowest BCUT2D eigenvalue weighted by Gasteiger charge is -2.04. The fraction of sp³-hybridized carbons (Fsp3) is 0.692. The molecule has 0 aliphatic carbocycles.